The summed E-state index contributed by atoms with van der Waals surface area (Å²) in [5, 5.41) is 0. The number of rotatable bonds is 6. The molecule has 78 valence electrons. The Morgan fingerprint density at radius 2 is 2.08 bits per heavy atom. The van der Waals surface area contributed by atoms with Gasteiger partial charge in [0.25, 0.3) is 0 Å². The molecule has 0 aromatic heterocycles. The fourth-order valence-corrected chi connectivity index (χ4v) is 1.65. The molecule has 1 aliphatic heterocycles. The van der Waals surface area contributed by atoms with Crippen LogP contribution in [-0.2, 0) is 4.74 Å². The monoisotopic (exact) mass is 186 g/mol. The molecule has 3 heteroatoms. The molecule has 0 amide bonds. The maximum atomic E-state index is 5.34. The van der Waals surface area contributed by atoms with E-state index in [-0.39, 0.29) is 0 Å². The van der Waals surface area contributed by atoms with Crippen molar-refractivity contribution in [3.05, 3.63) is 0 Å². The minimum Gasteiger partial charge on any atom is -0.380 e. The summed E-state index contributed by atoms with van der Waals surface area (Å²) in [7, 11) is 0. The lowest BCUT2D eigenvalue weighted by atomic mass is 9.95. The van der Waals surface area contributed by atoms with Crippen molar-refractivity contribution in [2.75, 3.05) is 32.8 Å². The third kappa shape index (κ3) is 3.63. The molecule has 0 aliphatic carbocycles. The van der Waals surface area contributed by atoms with Crippen molar-refractivity contribution in [2.24, 2.45) is 11.7 Å². The van der Waals surface area contributed by atoms with E-state index in [1.165, 1.54) is 19.5 Å². The zero-order valence-electron chi connectivity index (χ0n) is 8.83. The lowest BCUT2D eigenvalue weighted by Crippen LogP contribution is -2.50. The predicted octanol–water partition coefficient (Wildman–Crippen LogP) is 0.692. The molecule has 1 heterocycles. The average Bonchev–Trinajstić information content (AvgIpc) is 2.00. The second kappa shape index (κ2) is 5.58. The third-order valence-electron chi connectivity index (χ3n) is 2.65. The van der Waals surface area contributed by atoms with Crippen LogP contribution in [0.2, 0.25) is 0 Å². The molecule has 0 spiro atoms. The van der Waals surface area contributed by atoms with Crippen molar-refractivity contribution in [1.29, 1.82) is 0 Å². The molecule has 0 bridgehead atoms. The Morgan fingerprint density at radius 1 is 1.38 bits per heavy atom. The summed E-state index contributed by atoms with van der Waals surface area (Å²) in [5.41, 5.74) is 5.32. The number of hydrogen-bond acceptors (Lipinski definition) is 3. The minimum absolute atomic E-state index is 0.642. The van der Waals surface area contributed by atoms with Crippen molar-refractivity contribution < 1.29 is 4.74 Å². The molecule has 1 saturated heterocycles. The zero-order chi connectivity index (χ0) is 9.68. The van der Waals surface area contributed by atoms with Crippen LogP contribution in [0, 0.1) is 5.92 Å². The molecule has 0 atom stereocenters. The Balaban J connectivity index is 1.90. The van der Waals surface area contributed by atoms with Crippen LogP contribution in [0.4, 0.5) is 0 Å². The van der Waals surface area contributed by atoms with Crippen LogP contribution in [-0.4, -0.2) is 43.8 Å². The maximum absolute atomic E-state index is 5.34. The number of likely N-dealkylation sites (tertiary alicyclic amines) is 1. The first kappa shape index (κ1) is 11.0. The average molecular weight is 186 g/mol. The summed E-state index contributed by atoms with van der Waals surface area (Å²) in [4.78, 5) is 2.49. The van der Waals surface area contributed by atoms with Gasteiger partial charge in [0, 0.05) is 32.3 Å². The molecule has 1 aliphatic rings. The van der Waals surface area contributed by atoms with E-state index >= 15 is 0 Å². The van der Waals surface area contributed by atoms with E-state index < -0.39 is 0 Å². The van der Waals surface area contributed by atoms with Crippen LogP contribution >= 0.6 is 0 Å². The fraction of sp³-hybridized carbons (Fsp3) is 1.00. The van der Waals surface area contributed by atoms with Crippen molar-refractivity contribution in [3.63, 3.8) is 0 Å². The number of nitrogens with two attached hydrogens (primary N) is 1. The Morgan fingerprint density at radius 3 is 2.62 bits per heavy atom. The van der Waals surface area contributed by atoms with Crippen molar-refractivity contribution in [2.45, 2.75) is 26.3 Å². The normalized spacial score (nSPS) is 19.4. The van der Waals surface area contributed by atoms with Gasteiger partial charge in [0.2, 0.25) is 0 Å². The van der Waals surface area contributed by atoms with Gasteiger partial charge in [-0.15, -0.1) is 0 Å². The van der Waals surface area contributed by atoms with E-state index in [9.17, 15) is 0 Å². The first-order chi connectivity index (χ1) is 6.24. The molecular weight excluding hydrogens is 164 g/mol. The maximum Gasteiger partial charge on any atom is 0.0588 e. The number of hydrogen-bond donors (Lipinski definition) is 1. The summed E-state index contributed by atoms with van der Waals surface area (Å²) in [6, 6.07) is 0.709. The van der Waals surface area contributed by atoms with Gasteiger partial charge in [-0.3, -0.25) is 0 Å². The zero-order valence-corrected chi connectivity index (χ0v) is 8.83. The van der Waals surface area contributed by atoms with E-state index in [2.05, 4.69) is 18.7 Å². The molecule has 0 aromatic rings. The van der Waals surface area contributed by atoms with Gasteiger partial charge in [-0.2, -0.15) is 0 Å². The quantitative estimate of drug-likeness (QED) is 0.620. The highest BCUT2D eigenvalue weighted by molar-refractivity contribution is 4.81. The van der Waals surface area contributed by atoms with Gasteiger partial charge < -0.3 is 15.4 Å². The van der Waals surface area contributed by atoms with Gasteiger partial charge >= 0.3 is 0 Å². The van der Waals surface area contributed by atoms with Gasteiger partial charge in [-0.05, 0) is 26.2 Å². The molecule has 1 rings (SSSR count). The van der Waals surface area contributed by atoms with Crippen molar-refractivity contribution >= 4 is 0 Å². The molecule has 3 nitrogen and oxygen atoms in total. The topological polar surface area (TPSA) is 38.5 Å². The van der Waals surface area contributed by atoms with E-state index in [1.54, 1.807) is 0 Å². The van der Waals surface area contributed by atoms with Gasteiger partial charge in [0.15, 0.2) is 0 Å². The Kier molecular flexibility index (Phi) is 4.70. The first-order valence-corrected chi connectivity index (χ1v) is 5.26. The standard InChI is InChI=1S/C10H22N2O/c1-9(2)12-7-10(8-12)3-5-13-6-4-11/h9-10H,3-8,11H2,1-2H3. The summed E-state index contributed by atoms with van der Waals surface area (Å²) in [6.45, 7) is 9.24. The largest absolute Gasteiger partial charge is 0.380 e. The first-order valence-electron chi connectivity index (χ1n) is 5.26. The summed E-state index contributed by atoms with van der Waals surface area (Å²) >= 11 is 0. The second-order valence-corrected chi connectivity index (χ2v) is 4.10. The Bertz CT molecular complexity index is 133. The van der Waals surface area contributed by atoms with E-state index in [4.69, 9.17) is 10.5 Å². The van der Waals surface area contributed by atoms with Crippen LogP contribution in [0.15, 0.2) is 0 Å². The highest BCUT2D eigenvalue weighted by atomic mass is 16.5. The van der Waals surface area contributed by atoms with Gasteiger partial charge in [0.05, 0.1) is 6.61 Å². The van der Waals surface area contributed by atoms with Crippen LogP contribution in [0.5, 0.6) is 0 Å². The van der Waals surface area contributed by atoms with Crippen LogP contribution < -0.4 is 5.73 Å². The number of nitrogens with zero attached hydrogens (tertiary/aromatic N) is 1. The highest BCUT2D eigenvalue weighted by Crippen LogP contribution is 2.20. The predicted molar refractivity (Wildman–Crippen MR) is 54.7 cm³/mol. The molecule has 0 aromatic carbocycles. The summed E-state index contributed by atoms with van der Waals surface area (Å²) < 4.78 is 5.34. The molecule has 1 fully saturated rings. The van der Waals surface area contributed by atoms with E-state index in [0.717, 1.165) is 12.5 Å². The molecule has 0 saturated carbocycles. The molecule has 0 unspecified atom stereocenters. The van der Waals surface area contributed by atoms with Crippen molar-refractivity contribution in [3.8, 4) is 0 Å². The van der Waals surface area contributed by atoms with Gasteiger partial charge in [0.1, 0.15) is 0 Å². The van der Waals surface area contributed by atoms with Gasteiger partial charge in [-0.1, -0.05) is 0 Å². The smallest absolute Gasteiger partial charge is 0.0588 e. The summed E-state index contributed by atoms with van der Waals surface area (Å²) in [6.07, 6.45) is 1.20. The van der Waals surface area contributed by atoms with E-state index in [0.29, 0.717) is 19.2 Å². The van der Waals surface area contributed by atoms with E-state index in [1.807, 2.05) is 0 Å². The number of ether oxygens (including phenoxy) is 1. The Labute approximate surface area is 81.2 Å². The molecule has 13 heavy (non-hydrogen) atoms. The molecule has 0 radical (unpaired) electrons. The minimum atomic E-state index is 0.642. The SMILES string of the molecule is CC(C)N1CC(CCOCCN)C1. The van der Waals surface area contributed by atoms with Crippen molar-refractivity contribution in [1.82, 2.24) is 4.90 Å². The fourth-order valence-electron chi connectivity index (χ4n) is 1.65. The lowest BCUT2D eigenvalue weighted by molar-refractivity contribution is 0.0372. The highest BCUT2D eigenvalue weighted by Gasteiger charge is 2.27. The Hall–Kier alpha value is -0.120. The second-order valence-electron chi connectivity index (χ2n) is 4.10. The van der Waals surface area contributed by atoms with Gasteiger partial charge in [-0.25, -0.2) is 0 Å². The lowest BCUT2D eigenvalue weighted by Gasteiger charge is -2.42. The van der Waals surface area contributed by atoms with Crippen LogP contribution in [0.1, 0.15) is 20.3 Å². The van der Waals surface area contributed by atoms with Crippen LogP contribution in [0.25, 0.3) is 0 Å². The summed E-state index contributed by atoms with van der Waals surface area (Å²) in [5.74, 6) is 0.861. The van der Waals surface area contributed by atoms with Crippen LogP contribution in [0.3, 0.4) is 0 Å². The third-order valence-corrected chi connectivity index (χ3v) is 2.65. The molecule has 2 N–H and O–H groups in total. The molecular formula is C10H22N2O.